The Morgan fingerprint density at radius 2 is 1.90 bits per heavy atom. The van der Waals surface area contributed by atoms with Gasteiger partial charge in [0.15, 0.2) is 5.13 Å². The molecule has 1 aliphatic rings. The topological polar surface area (TPSA) is 79.4 Å². The van der Waals surface area contributed by atoms with Crippen LogP contribution in [0.1, 0.15) is 29.0 Å². The van der Waals surface area contributed by atoms with Gasteiger partial charge in [0.25, 0.3) is 0 Å². The number of aromatic nitrogens is 1. The number of hydrogen-bond donors (Lipinski definition) is 1. The van der Waals surface area contributed by atoms with Crippen molar-refractivity contribution in [2.24, 2.45) is 5.92 Å². The molecule has 0 unspecified atom stereocenters. The van der Waals surface area contributed by atoms with Crippen molar-refractivity contribution in [3.05, 3.63) is 40.4 Å². The Labute approximate surface area is 170 Å². The van der Waals surface area contributed by atoms with Crippen LogP contribution in [-0.2, 0) is 21.0 Å². The van der Waals surface area contributed by atoms with E-state index in [-0.39, 0.29) is 37.8 Å². The second kappa shape index (κ2) is 8.04. The number of aryl methyl sites for hydroxylation is 2. The van der Waals surface area contributed by atoms with E-state index < -0.39 is 26.7 Å². The average molecular weight is 448 g/mol. The number of carbonyl (C=O) groups is 1. The number of amides is 1. The first-order chi connectivity index (χ1) is 13.5. The molecule has 3 rings (SSSR count). The highest BCUT2D eigenvalue weighted by Gasteiger charge is 2.35. The summed E-state index contributed by atoms with van der Waals surface area (Å²) in [5.74, 6) is -0.609. The molecule has 0 saturated carbocycles. The summed E-state index contributed by atoms with van der Waals surface area (Å²) < 4.78 is 65.2. The lowest BCUT2D eigenvalue weighted by molar-refractivity contribution is -0.137. The molecule has 1 fully saturated rings. The lowest BCUT2D eigenvalue weighted by atomic mass is 9.97. The number of hydrogen-bond acceptors (Lipinski definition) is 5. The molecule has 2 heterocycles. The van der Waals surface area contributed by atoms with Crippen molar-refractivity contribution < 1.29 is 26.4 Å². The van der Waals surface area contributed by atoms with Crippen molar-refractivity contribution >= 4 is 32.4 Å². The van der Waals surface area contributed by atoms with Gasteiger partial charge in [-0.2, -0.15) is 17.5 Å². The van der Waals surface area contributed by atoms with Gasteiger partial charge < -0.3 is 5.32 Å². The lowest BCUT2D eigenvalue weighted by Gasteiger charge is -2.30. The van der Waals surface area contributed by atoms with E-state index in [1.54, 1.807) is 0 Å². The number of alkyl halides is 3. The number of sulfonamides is 1. The van der Waals surface area contributed by atoms with Crippen molar-refractivity contribution in [2.75, 3.05) is 18.4 Å². The van der Waals surface area contributed by atoms with Crippen LogP contribution in [0.25, 0.3) is 0 Å². The maximum Gasteiger partial charge on any atom is 0.416 e. The molecule has 6 nitrogen and oxygen atoms in total. The van der Waals surface area contributed by atoms with Crippen LogP contribution in [0.5, 0.6) is 0 Å². The molecule has 1 saturated heterocycles. The summed E-state index contributed by atoms with van der Waals surface area (Å²) in [6, 6.07) is 3.70. The number of anilines is 1. The van der Waals surface area contributed by atoms with Crippen molar-refractivity contribution in [3.63, 3.8) is 0 Å². The van der Waals surface area contributed by atoms with Crippen LogP contribution in [0.3, 0.4) is 0 Å². The van der Waals surface area contributed by atoms with Crippen LogP contribution in [-0.4, -0.2) is 36.7 Å². The molecule has 1 aliphatic heterocycles. The number of thiazole rings is 1. The molecule has 11 heteroatoms. The zero-order valence-electron chi connectivity index (χ0n) is 15.8. The number of carbonyl (C=O) groups excluding carboxylic acids is 1. The fourth-order valence-corrected chi connectivity index (χ4v) is 5.41. The van der Waals surface area contributed by atoms with Crippen LogP contribution >= 0.6 is 11.3 Å². The Balaban J connectivity index is 1.66. The summed E-state index contributed by atoms with van der Waals surface area (Å²) in [5, 5.41) is 3.26. The Bertz CT molecular complexity index is 991. The van der Waals surface area contributed by atoms with Gasteiger partial charge in [0.05, 0.1) is 16.2 Å². The first-order valence-electron chi connectivity index (χ1n) is 8.91. The Morgan fingerprint density at radius 1 is 1.24 bits per heavy atom. The van der Waals surface area contributed by atoms with E-state index in [0.29, 0.717) is 11.2 Å². The molecule has 1 aromatic heterocycles. The summed E-state index contributed by atoms with van der Waals surface area (Å²) in [4.78, 5) is 17.3. The predicted octanol–water partition coefficient (Wildman–Crippen LogP) is 3.82. The molecule has 29 heavy (non-hydrogen) atoms. The van der Waals surface area contributed by atoms with Gasteiger partial charge >= 0.3 is 6.18 Å². The van der Waals surface area contributed by atoms with Crippen LogP contribution in [0.15, 0.2) is 29.2 Å². The molecule has 0 bridgehead atoms. The minimum atomic E-state index is -4.62. The zero-order valence-corrected chi connectivity index (χ0v) is 17.4. The van der Waals surface area contributed by atoms with Gasteiger partial charge in [0, 0.05) is 23.9 Å². The van der Waals surface area contributed by atoms with Gasteiger partial charge in [-0.3, -0.25) is 4.79 Å². The molecule has 158 valence electrons. The van der Waals surface area contributed by atoms with E-state index >= 15 is 0 Å². The SMILES string of the molecule is Cc1nc(NC(=O)C2CCN(S(=O)(=O)c3cccc(C(F)(F)F)c3)CC2)sc1C. The molecular formula is C18H20F3N3O3S2. The lowest BCUT2D eigenvalue weighted by Crippen LogP contribution is -2.41. The van der Waals surface area contributed by atoms with Crippen molar-refractivity contribution in [3.8, 4) is 0 Å². The van der Waals surface area contributed by atoms with E-state index in [2.05, 4.69) is 10.3 Å². The summed E-state index contributed by atoms with van der Waals surface area (Å²) >= 11 is 1.37. The Kier molecular flexibility index (Phi) is 6.02. The summed E-state index contributed by atoms with van der Waals surface area (Å²) in [6.45, 7) is 3.87. The van der Waals surface area contributed by atoms with Crippen LogP contribution in [0, 0.1) is 19.8 Å². The van der Waals surface area contributed by atoms with E-state index in [0.717, 1.165) is 33.1 Å². The quantitative estimate of drug-likeness (QED) is 0.773. The standard InChI is InChI=1S/C18H20F3N3O3S2/c1-11-12(2)28-17(22-11)23-16(25)13-6-8-24(9-7-13)29(26,27)15-5-3-4-14(10-15)18(19,20)21/h3-5,10,13H,6-9H2,1-2H3,(H,22,23,25). The van der Waals surface area contributed by atoms with E-state index in [9.17, 15) is 26.4 Å². The van der Waals surface area contributed by atoms with E-state index in [1.165, 1.54) is 11.3 Å². The maximum absolute atomic E-state index is 12.9. The minimum absolute atomic E-state index is 0.0621. The molecule has 1 N–H and O–H groups in total. The third kappa shape index (κ3) is 4.78. The first-order valence-corrected chi connectivity index (χ1v) is 11.2. The third-order valence-corrected chi connectivity index (χ3v) is 7.77. The highest BCUT2D eigenvalue weighted by molar-refractivity contribution is 7.89. The number of rotatable bonds is 4. The fourth-order valence-electron chi connectivity index (χ4n) is 3.07. The smallest absolute Gasteiger partial charge is 0.302 e. The van der Waals surface area contributed by atoms with Crippen molar-refractivity contribution in [2.45, 2.75) is 37.8 Å². The molecule has 1 amide bonds. The largest absolute Gasteiger partial charge is 0.416 e. The van der Waals surface area contributed by atoms with Crippen molar-refractivity contribution in [1.82, 2.24) is 9.29 Å². The molecule has 0 radical (unpaired) electrons. The third-order valence-electron chi connectivity index (χ3n) is 4.88. The molecule has 2 aromatic rings. The second-order valence-electron chi connectivity index (χ2n) is 6.85. The maximum atomic E-state index is 12.9. The summed E-state index contributed by atoms with van der Waals surface area (Å²) in [7, 11) is -4.06. The number of nitrogens with one attached hydrogen (secondary N) is 1. The van der Waals surface area contributed by atoms with E-state index in [4.69, 9.17) is 0 Å². The second-order valence-corrected chi connectivity index (χ2v) is 9.99. The Hall–Kier alpha value is -1.98. The van der Waals surface area contributed by atoms with Crippen LogP contribution in [0.2, 0.25) is 0 Å². The van der Waals surface area contributed by atoms with E-state index in [1.807, 2.05) is 13.8 Å². The molecule has 0 spiro atoms. The number of benzene rings is 1. The number of halogens is 3. The van der Waals surface area contributed by atoms with Crippen LogP contribution in [0.4, 0.5) is 18.3 Å². The molecule has 0 atom stereocenters. The van der Waals surface area contributed by atoms with Gasteiger partial charge in [-0.05, 0) is 44.9 Å². The van der Waals surface area contributed by atoms with Gasteiger partial charge in [-0.25, -0.2) is 13.4 Å². The summed E-state index contributed by atoms with van der Waals surface area (Å²) in [6.07, 6.45) is -4.05. The van der Waals surface area contributed by atoms with Gasteiger partial charge in [-0.1, -0.05) is 6.07 Å². The zero-order chi connectivity index (χ0) is 21.4. The van der Waals surface area contributed by atoms with Crippen molar-refractivity contribution in [1.29, 1.82) is 0 Å². The molecule has 0 aliphatic carbocycles. The number of piperidine rings is 1. The highest BCUT2D eigenvalue weighted by Crippen LogP contribution is 2.32. The highest BCUT2D eigenvalue weighted by atomic mass is 32.2. The first kappa shape index (κ1) is 21.7. The van der Waals surface area contributed by atoms with Gasteiger partial charge in [0.1, 0.15) is 0 Å². The van der Waals surface area contributed by atoms with Gasteiger partial charge in [-0.15, -0.1) is 11.3 Å². The average Bonchev–Trinajstić information content (AvgIpc) is 2.98. The number of nitrogens with zero attached hydrogens (tertiary/aromatic N) is 2. The monoisotopic (exact) mass is 447 g/mol. The summed E-state index contributed by atoms with van der Waals surface area (Å²) in [5.41, 5.74) is -0.172. The van der Waals surface area contributed by atoms with Gasteiger partial charge in [0.2, 0.25) is 15.9 Å². The molecular weight excluding hydrogens is 427 g/mol. The van der Waals surface area contributed by atoms with Crippen LogP contribution < -0.4 is 5.32 Å². The Morgan fingerprint density at radius 3 is 2.45 bits per heavy atom. The predicted molar refractivity (Wildman–Crippen MR) is 103 cm³/mol. The molecule has 1 aromatic carbocycles. The fraction of sp³-hybridized carbons (Fsp3) is 0.444. The normalized spacial score (nSPS) is 16.7. The minimum Gasteiger partial charge on any atom is -0.302 e.